The molecule has 2 aromatic carbocycles. The fourth-order valence-electron chi connectivity index (χ4n) is 2.81. The Bertz CT molecular complexity index is 575. The largest absolute Gasteiger partial charge is 0.376 e. The van der Waals surface area contributed by atoms with Crippen molar-refractivity contribution in [3.63, 3.8) is 0 Å². The number of rotatable bonds is 2. The lowest BCUT2D eigenvalue weighted by atomic mass is 9.99. The standard InChI is InChI=1S/C17H20N2/c1-18(2)16-9-5-6-10-17(16)19-12-11-14-7-3-4-8-15(14)13-19/h3-10H,11-13H2,1-2H3. The van der Waals surface area contributed by atoms with Gasteiger partial charge in [0.1, 0.15) is 0 Å². The van der Waals surface area contributed by atoms with Crippen LogP contribution >= 0.6 is 0 Å². The summed E-state index contributed by atoms with van der Waals surface area (Å²) in [4.78, 5) is 4.67. The second-order valence-electron chi connectivity index (χ2n) is 5.32. The van der Waals surface area contributed by atoms with Gasteiger partial charge in [0.2, 0.25) is 0 Å². The van der Waals surface area contributed by atoms with Crippen LogP contribution in [0.25, 0.3) is 0 Å². The highest BCUT2D eigenvalue weighted by atomic mass is 15.2. The molecule has 3 rings (SSSR count). The lowest BCUT2D eigenvalue weighted by Gasteiger charge is -2.33. The Balaban J connectivity index is 1.93. The van der Waals surface area contributed by atoms with Crippen LogP contribution in [0.4, 0.5) is 11.4 Å². The topological polar surface area (TPSA) is 6.48 Å². The summed E-state index contributed by atoms with van der Waals surface area (Å²) in [5.41, 5.74) is 5.59. The van der Waals surface area contributed by atoms with Gasteiger partial charge in [-0.3, -0.25) is 0 Å². The smallest absolute Gasteiger partial charge is 0.0607 e. The van der Waals surface area contributed by atoms with E-state index in [-0.39, 0.29) is 0 Å². The predicted octanol–water partition coefficient (Wildman–Crippen LogP) is 3.32. The van der Waals surface area contributed by atoms with Crippen LogP contribution in [0.1, 0.15) is 11.1 Å². The molecule has 0 fully saturated rings. The maximum Gasteiger partial charge on any atom is 0.0607 e. The third-order valence-electron chi connectivity index (χ3n) is 3.83. The normalized spacial score (nSPS) is 14.1. The Morgan fingerprint density at radius 1 is 0.895 bits per heavy atom. The minimum atomic E-state index is 1.01. The average Bonchev–Trinajstić information content (AvgIpc) is 2.46. The molecule has 0 unspecified atom stereocenters. The van der Waals surface area contributed by atoms with E-state index in [1.807, 2.05) is 0 Å². The summed E-state index contributed by atoms with van der Waals surface area (Å²) in [5, 5.41) is 0. The molecule has 2 heteroatoms. The molecule has 2 nitrogen and oxygen atoms in total. The van der Waals surface area contributed by atoms with Crippen molar-refractivity contribution in [1.82, 2.24) is 0 Å². The molecular formula is C17H20N2. The SMILES string of the molecule is CN(C)c1ccccc1N1CCc2ccccc2C1. The van der Waals surface area contributed by atoms with Crippen LogP contribution in [0.5, 0.6) is 0 Å². The number of fused-ring (bicyclic) bond motifs is 1. The van der Waals surface area contributed by atoms with Crippen LogP contribution in [0.2, 0.25) is 0 Å². The van der Waals surface area contributed by atoms with Crippen LogP contribution in [-0.4, -0.2) is 20.6 Å². The van der Waals surface area contributed by atoms with Gasteiger partial charge < -0.3 is 9.80 Å². The Kier molecular flexibility index (Phi) is 3.16. The van der Waals surface area contributed by atoms with Gasteiger partial charge in [-0.1, -0.05) is 36.4 Å². The van der Waals surface area contributed by atoms with E-state index < -0.39 is 0 Å². The van der Waals surface area contributed by atoms with E-state index >= 15 is 0 Å². The van der Waals surface area contributed by atoms with Crippen molar-refractivity contribution in [1.29, 1.82) is 0 Å². The Labute approximate surface area is 115 Å². The average molecular weight is 252 g/mol. The molecule has 0 spiro atoms. The lowest BCUT2D eigenvalue weighted by Crippen LogP contribution is -2.31. The van der Waals surface area contributed by atoms with Gasteiger partial charge in [0, 0.05) is 27.2 Å². The lowest BCUT2D eigenvalue weighted by molar-refractivity contribution is 0.731. The summed E-state index contributed by atoms with van der Waals surface area (Å²) in [7, 11) is 4.22. The third kappa shape index (κ3) is 2.30. The van der Waals surface area contributed by atoms with Gasteiger partial charge in [-0.2, -0.15) is 0 Å². The van der Waals surface area contributed by atoms with Crippen LogP contribution in [0.3, 0.4) is 0 Å². The first kappa shape index (κ1) is 12.1. The molecular weight excluding hydrogens is 232 g/mol. The van der Waals surface area contributed by atoms with Crippen LogP contribution in [-0.2, 0) is 13.0 Å². The van der Waals surface area contributed by atoms with Gasteiger partial charge in [0.15, 0.2) is 0 Å². The van der Waals surface area contributed by atoms with Crippen molar-refractivity contribution >= 4 is 11.4 Å². The fourth-order valence-corrected chi connectivity index (χ4v) is 2.81. The Morgan fingerprint density at radius 3 is 2.37 bits per heavy atom. The Hall–Kier alpha value is -1.96. The molecule has 0 radical (unpaired) electrons. The van der Waals surface area contributed by atoms with Crippen molar-refractivity contribution in [3.05, 3.63) is 59.7 Å². The summed E-state index contributed by atoms with van der Waals surface area (Å²) in [6, 6.07) is 17.4. The summed E-state index contributed by atoms with van der Waals surface area (Å²) in [5.74, 6) is 0. The highest BCUT2D eigenvalue weighted by Gasteiger charge is 2.18. The molecule has 0 N–H and O–H groups in total. The fraction of sp³-hybridized carbons (Fsp3) is 0.294. The van der Waals surface area contributed by atoms with Crippen molar-refractivity contribution < 1.29 is 0 Å². The predicted molar refractivity (Wildman–Crippen MR) is 82.0 cm³/mol. The number of benzene rings is 2. The van der Waals surface area contributed by atoms with Crippen molar-refractivity contribution in [3.8, 4) is 0 Å². The number of nitrogens with zero attached hydrogens (tertiary/aromatic N) is 2. The van der Waals surface area contributed by atoms with E-state index in [4.69, 9.17) is 0 Å². The molecule has 0 bridgehead atoms. The molecule has 98 valence electrons. The monoisotopic (exact) mass is 252 g/mol. The zero-order chi connectivity index (χ0) is 13.2. The minimum absolute atomic E-state index is 1.01. The summed E-state index contributed by atoms with van der Waals surface area (Å²) >= 11 is 0. The summed E-state index contributed by atoms with van der Waals surface area (Å²) in [6.45, 7) is 2.11. The molecule has 1 aliphatic heterocycles. The van der Waals surface area contributed by atoms with Crippen LogP contribution in [0, 0.1) is 0 Å². The highest BCUT2D eigenvalue weighted by Crippen LogP contribution is 2.31. The number of para-hydroxylation sites is 2. The minimum Gasteiger partial charge on any atom is -0.376 e. The number of anilines is 2. The third-order valence-corrected chi connectivity index (χ3v) is 3.83. The molecule has 1 aliphatic rings. The van der Waals surface area contributed by atoms with Crippen molar-refractivity contribution in [2.24, 2.45) is 0 Å². The molecule has 0 saturated carbocycles. The van der Waals surface area contributed by atoms with E-state index in [1.54, 1.807) is 0 Å². The molecule has 0 atom stereocenters. The first-order chi connectivity index (χ1) is 9.25. The van der Waals surface area contributed by atoms with Gasteiger partial charge in [-0.25, -0.2) is 0 Å². The molecule has 1 heterocycles. The summed E-state index contributed by atoms with van der Waals surface area (Å²) in [6.07, 6.45) is 1.14. The first-order valence-corrected chi connectivity index (χ1v) is 6.84. The van der Waals surface area contributed by atoms with E-state index in [2.05, 4.69) is 72.4 Å². The van der Waals surface area contributed by atoms with Gasteiger partial charge >= 0.3 is 0 Å². The van der Waals surface area contributed by atoms with E-state index in [0.717, 1.165) is 19.5 Å². The van der Waals surface area contributed by atoms with Crippen LogP contribution in [0.15, 0.2) is 48.5 Å². The van der Waals surface area contributed by atoms with E-state index in [9.17, 15) is 0 Å². The molecule has 0 aromatic heterocycles. The zero-order valence-corrected chi connectivity index (χ0v) is 11.6. The van der Waals surface area contributed by atoms with Gasteiger partial charge in [0.05, 0.1) is 11.4 Å². The maximum absolute atomic E-state index is 2.48. The molecule has 2 aromatic rings. The van der Waals surface area contributed by atoms with E-state index in [0.29, 0.717) is 0 Å². The quantitative estimate of drug-likeness (QED) is 0.809. The molecule has 0 amide bonds. The number of hydrogen-bond donors (Lipinski definition) is 0. The highest BCUT2D eigenvalue weighted by molar-refractivity contribution is 5.71. The zero-order valence-electron chi connectivity index (χ0n) is 11.6. The van der Waals surface area contributed by atoms with Gasteiger partial charge in [-0.05, 0) is 29.7 Å². The van der Waals surface area contributed by atoms with E-state index in [1.165, 1.54) is 22.5 Å². The summed E-state index contributed by atoms with van der Waals surface area (Å²) < 4.78 is 0. The molecule has 0 aliphatic carbocycles. The second-order valence-corrected chi connectivity index (χ2v) is 5.32. The van der Waals surface area contributed by atoms with Crippen molar-refractivity contribution in [2.75, 3.05) is 30.4 Å². The first-order valence-electron chi connectivity index (χ1n) is 6.84. The maximum atomic E-state index is 2.48. The molecule has 0 saturated heterocycles. The Morgan fingerprint density at radius 2 is 1.58 bits per heavy atom. The van der Waals surface area contributed by atoms with Gasteiger partial charge in [0.25, 0.3) is 0 Å². The van der Waals surface area contributed by atoms with Crippen molar-refractivity contribution in [2.45, 2.75) is 13.0 Å². The van der Waals surface area contributed by atoms with Crippen LogP contribution < -0.4 is 9.80 Å². The van der Waals surface area contributed by atoms with Gasteiger partial charge in [-0.15, -0.1) is 0 Å². The molecule has 19 heavy (non-hydrogen) atoms. The number of hydrogen-bond acceptors (Lipinski definition) is 2. The second kappa shape index (κ2) is 4.96.